The molecule has 1 fully saturated rings. The average molecular weight is 312 g/mol. The van der Waals surface area contributed by atoms with Gasteiger partial charge >= 0.3 is 0 Å². The van der Waals surface area contributed by atoms with Gasteiger partial charge in [0.15, 0.2) is 0 Å². The first-order chi connectivity index (χ1) is 10.1. The standard InChI is InChI=1S/C17H26ClNO2/c1-3-17(4-2)11-13(9-10-21-17)19-12-16(20)14-7-5-6-8-15(14)18/h5-8,13,16,19-20H,3-4,9-12H2,1-2H3. The third-order valence-electron chi connectivity index (χ3n) is 4.65. The molecule has 3 nitrogen and oxygen atoms in total. The second-order valence-corrected chi connectivity index (χ2v) is 6.28. The lowest BCUT2D eigenvalue weighted by molar-refractivity contribution is -0.0937. The number of ether oxygens (including phenoxy) is 1. The summed E-state index contributed by atoms with van der Waals surface area (Å²) in [5, 5.41) is 14.4. The third kappa shape index (κ3) is 4.19. The van der Waals surface area contributed by atoms with Crippen LogP contribution in [0, 0.1) is 0 Å². The Labute approximate surface area is 132 Å². The minimum absolute atomic E-state index is 0.00522. The fraction of sp³-hybridized carbons (Fsp3) is 0.647. The highest BCUT2D eigenvalue weighted by atomic mass is 35.5. The van der Waals surface area contributed by atoms with Crippen LogP contribution in [0.2, 0.25) is 5.02 Å². The minimum atomic E-state index is -0.570. The SMILES string of the molecule is CCC1(CC)CC(NCC(O)c2ccccc2Cl)CCO1. The number of rotatable bonds is 6. The average Bonchev–Trinajstić information content (AvgIpc) is 2.53. The molecular weight excluding hydrogens is 286 g/mol. The molecule has 2 atom stereocenters. The Morgan fingerprint density at radius 1 is 1.38 bits per heavy atom. The van der Waals surface area contributed by atoms with Crippen LogP contribution in [0.15, 0.2) is 24.3 Å². The number of nitrogens with one attached hydrogen (secondary N) is 1. The molecule has 2 rings (SSSR count). The van der Waals surface area contributed by atoms with Crippen molar-refractivity contribution in [1.29, 1.82) is 0 Å². The second-order valence-electron chi connectivity index (χ2n) is 5.87. The molecule has 1 heterocycles. The predicted molar refractivity (Wildman–Crippen MR) is 86.7 cm³/mol. The zero-order chi connectivity index (χ0) is 15.3. The maximum atomic E-state index is 10.3. The highest BCUT2D eigenvalue weighted by Gasteiger charge is 2.34. The largest absolute Gasteiger partial charge is 0.387 e. The van der Waals surface area contributed by atoms with Crippen LogP contribution in [-0.2, 0) is 4.74 Å². The first-order valence-electron chi connectivity index (χ1n) is 7.90. The van der Waals surface area contributed by atoms with Gasteiger partial charge in [-0.2, -0.15) is 0 Å². The molecular formula is C17H26ClNO2. The molecule has 21 heavy (non-hydrogen) atoms. The van der Waals surface area contributed by atoms with Gasteiger partial charge in [0, 0.05) is 29.8 Å². The minimum Gasteiger partial charge on any atom is -0.387 e. The maximum Gasteiger partial charge on any atom is 0.0928 e. The van der Waals surface area contributed by atoms with Crippen molar-refractivity contribution in [2.45, 2.75) is 57.3 Å². The first kappa shape index (κ1) is 16.8. The molecule has 0 bridgehead atoms. The maximum absolute atomic E-state index is 10.3. The van der Waals surface area contributed by atoms with E-state index in [1.807, 2.05) is 24.3 Å². The molecule has 2 unspecified atom stereocenters. The summed E-state index contributed by atoms with van der Waals surface area (Å²) >= 11 is 6.12. The lowest BCUT2D eigenvalue weighted by Gasteiger charge is -2.40. The molecule has 0 aromatic heterocycles. The second kappa shape index (κ2) is 7.59. The van der Waals surface area contributed by atoms with Crippen molar-refractivity contribution >= 4 is 11.6 Å². The molecule has 1 aliphatic heterocycles. The van der Waals surface area contributed by atoms with Gasteiger partial charge in [0.2, 0.25) is 0 Å². The van der Waals surface area contributed by atoms with Crippen molar-refractivity contribution < 1.29 is 9.84 Å². The van der Waals surface area contributed by atoms with Gasteiger partial charge in [0.25, 0.3) is 0 Å². The van der Waals surface area contributed by atoms with E-state index in [0.29, 0.717) is 17.6 Å². The zero-order valence-corrected chi connectivity index (χ0v) is 13.7. The number of halogens is 1. The van der Waals surface area contributed by atoms with Gasteiger partial charge in [-0.05, 0) is 31.7 Å². The van der Waals surface area contributed by atoms with Gasteiger partial charge in [-0.15, -0.1) is 0 Å². The van der Waals surface area contributed by atoms with Crippen LogP contribution in [0.25, 0.3) is 0 Å². The molecule has 1 saturated heterocycles. The topological polar surface area (TPSA) is 41.5 Å². The monoisotopic (exact) mass is 311 g/mol. The summed E-state index contributed by atoms with van der Waals surface area (Å²) in [6, 6.07) is 7.87. The van der Waals surface area contributed by atoms with Crippen molar-refractivity contribution in [2.24, 2.45) is 0 Å². The van der Waals surface area contributed by atoms with Crippen LogP contribution in [-0.4, -0.2) is 29.9 Å². The van der Waals surface area contributed by atoms with E-state index in [2.05, 4.69) is 19.2 Å². The molecule has 118 valence electrons. The molecule has 0 spiro atoms. The van der Waals surface area contributed by atoms with Crippen LogP contribution < -0.4 is 5.32 Å². The van der Waals surface area contributed by atoms with Crippen LogP contribution >= 0.6 is 11.6 Å². The van der Waals surface area contributed by atoms with E-state index in [0.717, 1.165) is 37.9 Å². The Balaban J connectivity index is 1.89. The molecule has 1 aromatic carbocycles. The Morgan fingerprint density at radius 3 is 2.76 bits per heavy atom. The summed E-state index contributed by atoms with van der Waals surface area (Å²) in [7, 11) is 0. The molecule has 1 aliphatic rings. The summed E-state index contributed by atoms with van der Waals surface area (Å²) in [5.74, 6) is 0. The van der Waals surface area contributed by atoms with E-state index in [4.69, 9.17) is 16.3 Å². The molecule has 0 radical (unpaired) electrons. The Hall–Kier alpha value is -0.610. The van der Waals surface area contributed by atoms with Crippen molar-refractivity contribution in [3.63, 3.8) is 0 Å². The highest BCUT2D eigenvalue weighted by Crippen LogP contribution is 2.31. The summed E-state index contributed by atoms with van der Waals surface area (Å²) in [6.07, 6.45) is 3.51. The Kier molecular flexibility index (Phi) is 6.06. The van der Waals surface area contributed by atoms with Crippen molar-refractivity contribution in [2.75, 3.05) is 13.2 Å². The van der Waals surface area contributed by atoms with Gasteiger partial charge in [-0.3, -0.25) is 0 Å². The smallest absolute Gasteiger partial charge is 0.0928 e. The predicted octanol–water partition coefficient (Wildman–Crippen LogP) is 3.70. The fourth-order valence-corrected chi connectivity index (χ4v) is 3.34. The molecule has 0 amide bonds. The third-order valence-corrected chi connectivity index (χ3v) is 4.99. The van der Waals surface area contributed by atoms with Crippen LogP contribution in [0.1, 0.15) is 51.2 Å². The number of benzene rings is 1. The number of aliphatic hydroxyl groups is 1. The van der Waals surface area contributed by atoms with Gasteiger partial charge in [0.1, 0.15) is 0 Å². The number of hydrogen-bond donors (Lipinski definition) is 2. The van der Waals surface area contributed by atoms with Crippen LogP contribution in [0.3, 0.4) is 0 Å². The summed E-state index contributed by atoms with van der Waals surface area (Å²) in [4.78, 5) is 0. The van der Waals surface area contributed by atoms with E-state index in [-0.39, 0.29) is 5.60 Å². The molecule has 1 aromatic rings. The Bertz CT molecular complexity index is 448. The lowest BCUT2D eigenvalue weighted by Crippen LogP contribution is -2.47. The van der Waals surface area contributed by atoms with Gasteiger partial charge in [0.05, 0.1) is 11.7 Å². The van der Waals surface area contributed by atoms with Crippen LogP contribution in [0.4, 0.5) is 0 Å². The first-order valence-corrected chi connectivity index (χ1v) is 8.28. The van der Waals surface area contributed by atoms with E-state index in [1.165, 1.54) is 0 Å². The van der Waals surface area contributed by atoms with E-state index in [9.17, 15) is 5.11 Å². The van der Waals surface area contributed by atoms with Gasteiger partial charge in [-0.1, -0.05) is 43.6 Å². The molecule has 0 aliphatic carbocycles. The van der Waals surface area contributed by atoms with Gasteiger partial charge < -0.3 is 15.2 Å². The normalized spacial score (nSPS) is 23.0. The van der Waals surface area contributed by atoms with Crippen molar-refractivity contribution in [3.8, 4) is 0 Å². The quantitative estimate of drug-likeness (QED) is 0.841. The van der Waals surface area contributed by atoms with E-state index in [1.54, 1.807) is 0 Å². The Morgan fingerprint density at radius 2 is 2.10 bits per heavy atom. The number of aliphatic hydroxyl groups excluding tert-OH is 1. The van der Waals surface area contributed by atoms with Crippen molar-refractivity contribution in [3.05, 3.63) is 34.9 Å². The number of hydrogen-bond acceptors (Lipinski definition) is 3. The lowest BCUT2D eigenvalue weighted by atomic mass is 9.86. The zero-order valence-electron chi connectivity index (χ0n) is 12.9. The summed E-state index contributed by atoms with van der Waals surface area (Å²) < 4.78 is 5.98. The molecule has 2 N–H and O–H groups in total. The van der Waals surface area contributed by atoms with Crippen LogP contribution in [0.5, 0.6) is 0 Å². The summed E-state index contributed by atoms with van der Waals surface area (Å²) in [5.41, 5.74) is 0.793. The van der Waals surface area contributed by atoms with Gasteiger partial charge in [-0.25, -0.2) is 0 Å². The van der Waals surface area contributed by atoms with E-state index >= 15 is 0 Å². The molecule has 0 saturated carbocycles. The molecule has 4 heteroatoms. The fourth-order valence-electron chi connectivity index (χ4n) is 3.08. The van der Waals surface area contributed by atoms with Crippen molar-refractivity contribution in [1.82, 2.24) is 5.32 Å². The summed E-state index contributed by atoms with van der Waals surface area (Å²) in [6.45, 7) is 5.69. The van der Waals surface area contributed by atoms with E-state index < -0.39 is 6.10 Å². The highest BCUT2D eigenvalue weighted by molar-refractivity contribution is 6.31.